The van der Waals surface area contributed by atoms with Gasteiger partial charge in [-0.3, -0.25) is 9.59 Å². The van der Waals surface area contributed by atoms with Gasteiger partial charge in [-0.25, -0.2) is 0 Å². The molecule has 2 aliphatic rings. The summed E-state index contributed by atoms with van der Waals surface area (Å²) in [5, 5.41) is 2.98. The molecule has 1 saturated carbocycles. The van der Waals surface area contributed by atoms with Crippen LogP contribution in [0.5, 0.6) is 5.75 Å². The molecule has 5 nitrogen and oxygen atoms in total. The lowest BCUT2D eigenvalue weighted by molar-refractivity contribution is -0.141. The molecule has 0 bridgehead atoms. The average Bonchev–Trinajstić information content (AvgIpc) is 3.43. The van der Waals surface area contributed by atoms with Gasteiger partial charge in [-0.2, -0.15) is 0 Å². The molecule has 1 heterocycles. The predicted octanol–water partition coefficient (Wildman–Crippen LogP) is 3.24. The molecule has 5 heteroatoms. The molecule has 1 aliphatic heterocycles. The summed E-state index contributed by atoms with van der Waals surface area (Å²) in [5.74, 6) is 1.33. The third kappa shape index (κ3) is 4.99. The monoisotopic (exact) mass is 358 g/mol. The molecule has 1 unspecified atom stereocenters. The van der Waals surface area contributed by atoms with E-state index in [9.17, 15) is 9.59 Å². The van der Waals surface area contributed by atoms with E-state index < -0.39 is 0 Å². The van der Waals surface area contributed by atoms with Crippen molar-refractivity contribution in [2.45, 2.75) is 52.5 Å². The highest BCUT2D eigenvalue weighted by molar-refractivity contribution is 5.94. The molecule has 1 saturated heterocycles. The normalized spacial score (nSPS) is 20.6. The summed E-state index contributed by atoms with van der Waals surface area (Å²) in [6.07, 6.45) is 4.28. The second-order valence-corrected chi connectivity index (χ2v) is 8.59. The predicted molar refractivity (Wildman–Crippen MR) is 101 cm³/mol. The lowest BCUT2D eigenvalue weighted by atomic mass is 9.91. The molecule has 0 spiro atoms. The smallest absolute Gasteiger partial charge is 0.251 e. The van der Waals surface area contributed by atoms with Gasteiger partial charge in [0.05, 0.1) is 6.61 Å². The number of likely N-dealkylation sites (tertiary alicyclic amines) is 1. The number of benzene rings is 1. The maximum absolute atomic E-state index is 12.5. The summed E-state index contributed by atoms with van der Waals surface area (Å²) in [6.45, 7) is 8.11. The largest absolute Gasteiger partial charge is 0.493 e. The summed E-state index contributed by atoms with van der Waals surface area (Å²) in [7, 11) is 0. The minimum absolute atomic E-state index is 0.0114. The molecule has 1 atom stereocenters. The van der Waals surface area contributed by atoms with Crippen LogP contribution in [0, 0.1) is 11.3 Å². The van der Waals surface area contributed by atoms with Crippen LogP contribution in [-0.2, 0) is 4.79 Å². The van der Waals surface area contributed by atoms with Crippen molar-refractivity contribution in [2.24, 2.45) is 11.3 Å². The average molecular weight is 358 g/mol. The Morgan fingerprint density at radius 3 is 2.46 bits per heavy atom. The molecule has 1 N–H and O–H groups in total. The van der Waals surface area contributed by atoms with Crippen LogP contribution >= 0.6 is 0 Å². The summed E-state index contributed by atoms with van der Waals surface area (Å²) >= 11 is 0. The second kappa shape index (κ2) is 7.68. The Hall–Kier alpha value is -2.04. The van der Waals surface area contributed by atoms with E-state index in [-0.39, 0.29) is 17.2 Å². The van der Waals surface area contributed by atoms with Gasteiger partial charge in [0.25, 0.3) is 5.91 Å². The number of nitrogens with one attached hydrogen (secondary N) is 1. The molecule has 142 valence electrons. The molecule has 1 aromatic carbocycles. The quantitative estimate of drug-likeness (QED) is 0.879. The maximum atomic E-state index is 12.5. The molecule has 0 radical (unpaired) electrons. The van der Waals surface area contributed by atoms with Crippen molar-refractivity contribution in [1.82, 2.24) is 10.2 Å². The van der Waals surface area contributed by atoms with E-state index in [1.165, 1.54) is 0 Å². The third-order valence-corrected chi connectivity index (χ3v) is 4.96. The summed E-state index contributed by atoms with van der Waals surface area (Å²) < 4.78 is 5.92. The van der Waals surface area contributed by atoms with Crippen LogP contribution in [0.15, 0.2) is 24.3 Å². The van der Waals surface area contributed by atoms with Gasteiger partial charge in [-0.1, -0.05) is 20.8 Å². The topological polar surface area (TPSA) is 58.6 Å². The number of ether oxygens (including phenoxy) is 1. The highest BCUT2D eigenvalue weighted by Gasteiger charge is 2.31. The van der Waals surface area contributed by atoms with E-state index in [2.05, 4.69) is 5.32 Å². The van der Waals surface area contributed by atoms with Gasteiger partial charge in [0.2, 0.25) is 5.91 Å². The van der Waals surface area contributed by atoms with E-state index >= 15 is 0 Å². The van der Waals surface area contributed by atoms with Crippen LogP contribution in [0.4, 0.5) is 0 Å². The standard InChI is InChI=1S/C21H30N2O3/c1-21(2,3)20(25)23-12-4-5-15(13-23)14-26-18-10-6-16(7-11-18)19(24)22-17-8-9-17/h6-7,10-11,15,17H,4-5,8-9,12-14H2,1-3H3,(H,22,24). The van der Waals surface area contributed by atoms with Gasteiger partial charge in [-0.05, 0) is 49.9 Å². The Labute approximate surface area is 156 Å². The van der Waals surface area contributed by atoms with Crippen molar-refractivity contribution in [1.29, 1.82) is 0 Å². The number of carbonyl (C=O) groups excluding carboxylic acids is 2. The fourth-order valence-corrected chi connectivity index (χ4v) is 3.27. The van der Waals surface area contributed by atoms with Gasteiger partial charge < -0.3 is 15.0 Å². The molecule has 1 aliphatic carbocycles. The van der Waals surface area contributed by atoms with E-state index in [4.69, 9.17) is 4.74 Å². The maximum Gasteiger partial charge on any atom is 0.251 e. The number of piperidine rings is 1. The lowest BCUT2D eigenvalue weighted by Gasteiger charge is -2.36. The van der Waals surface area contributed by atoms with Crippen molar-refractivity contribution in [3.63, 3.8) is 0 Å². The highest BCUT2D eigenvalue weighted by atomic mass is 16.5. The molecule has 2 fully saturated rings. The number of rotatable bonds is 5. The first kappa shape index (κ1) is 18.7. The highest BCUT2D eigenvalue weighted by Crippen LogP contribution is 2.24. The van der Waals surface area contributed by atoms with Gasteiger partial charge in [0.15, 0.2) is 0 Å². The van der Waals surface area contributed by atoms with Crippen LogP contribution in [0.25, 0.3) is 0 Å². The fourth-order valence-electron chi connectivity index (χ4n) is 3.27. The molecular weight excluding hydrogens is 328 g/mol. The molecule has 3 rings (SSSR count). The minimum atomic E-state index is -0.334. The summed E-state index contributed by atoms with van der Waals surface area (Å²) in [4.78, 5) is 26.4. The number of hydrogen-bond donors (Lipinski definition) is 1. The molecular formula is C21H30N2O3. The van der Waals surface area contributed by atoms with Crippen molar-refractivity contribution in [3.05, 3.63) is 29.8 Å². The van der Waals surface area contributed by atoms with E-state index in [1.807, 2.05) is 49.9 Å². The van der Waals surface area contributed by atoms with Gasteiger partial charge in [0.1, 0.15) is 5.75 Å². The Kier molecular flexibility index (Phi) is 5.54. The van der Waals surface area contributed by atoms with E-state index in [0.29, 0.717) is 24.1 Å². The molecule has 0 aromatic heterocycles. The minimum Gasteiger partial charge on any atom is -0.493 e. The summed E-state index contributed by atoms with van der Waals surface area (Å²) in [5.41, 5.74) is 0.337. The fraction of sp³-hybridized carbons (Fsp3) is 0.619. The van der Waals surface area contributed by atoms with Crippen LogP contribution in [0.2, 0.25) is 0 Å². The van der Waals surface area contributed by atoms with Crippen LogP contribution in [0.3, 0.4) is 0 Å². The van der Waals surface area contributed by atoms with Gasteiger partial charge in [0, 0.05) is 36.0 Å². The number of hydrogen-bond acceptors (Lipinski definition) is 3. The summed E-state index contributed by atoms with van der Waals surface area (Å²) in [6, 6.07) is 7.68. The Bertz CT molecular complexity index is 644. The molecule has 26 heavy (non-hydrogen) atoms. The van der Waals surface area contributed by atoms with Gasteiger partial charge in [-0.15, -0.1) is 0 Å². The van der Waals surface area contributed by atoms with Crippen LogP contribution in [0.1, 0.15) is 56.8 Å². The Morgan fingerprint density at radius 2 is 1.85 bits per heavy atom. The Balaban J connectivity index is 1.48. The van der Waals surface area contributed by atoms with E-state index in [0.717, 1.165) is 44.5 Å². The SMILES string of the molecule is CC(C)(C)C(=O)N1CCCC(COc2ccc(C(=O)NC3CC3)cc2)C1. The zero-order valence-electron chi connectivity index (χ0n) is 16.1. The van der Waals surface area contributed by atoms with Gasteiger partial charge >= 0.3 is 0 Å². The van der Waals surface area contributed by atoms with Crippen LogP contribution < -0.4 is 10.1 Å². The number of amides is 2. The first-order valence-corrected chi connectivity index (χ1v) is 9.66. The Morgan fingerprint density at radius 1 is 1.15 bits per heavy atom. The molecule has 1 aromatic rings. The van der Waals surface area contributed by atoms with E-state index in [1.54, 1.807) is 0 Å². The number of nitrogens with zero attached hydrogens (tertiary/aromatic N) is 1. The van der Waals surface area contributed by atoms with Crippen molar-refractivity contribution in [3.8, 4) is 5.75 Å². The van der Waals surface area contributed by atoms with Crippen molar-refractivity contribution < 1.29 is 14.3 Å². The third-order valence-electron chi connectivity index (χ3n) is 4.96. The first-order chi connectivity index (χ1) is 12.3. The second-order valence-electron chi connectivity index (χ2n) is 8.59. The first-order valence-electron chi connectivity index (χ1n) is 9.66. The van der Waals surface area contributed by atoms with Crippen LogP contribution in [-0.4, -0.2) is 42.5 Å². The molecule has 2 amide bonds. The number of carbonyl (C=O) groups is 2. The lowest BCUT2D eigenvalue weighted by Crippen LogP contribution is -2.46. The zero-order chi connectivity index (χ0) is 18.7. The van der Waals surface area contributed by atoms with Crippen molar-refractivity contribution >= 4 is 11.8 Å². The zero-order valence-corrected chi connectivity index (χ0v) is 16.1. The van der Waals surface area contributed by atoms with Crippen molar-refractivity contribution in [2.75, 3.05) is 19.7 Å².